The Kier molecular flexibility index (Phi) is 3.43. The summed E-state index contributed by atoms with van der Waals surface area (Å²) >= 11 is 0. The monoisotopic (exact) mass is 230 g/mol. The van der Waals surface area contributed by atoms with Crippen LogP contribution >= 0.6 is 0 Å². The summed E-state index contributed by atoms with van der Waals surface area (Å²) in [4.78, 5) is 2.42. The molecule has 0 amide bonds. The molecule has 0 bridgehead atoms. The van der Waals surface area contributed by atoms with Gasteiger partial charge in [-0.25, -0.2) is 8.42 Å². The summed E-state index contributed by atoms with van der Waals surface area (Å²) in [6.07, 6.45) is 4.36. The van der Waals surface area contributed by atoms with Crippen molar-refractivity contribution in [3.05, 3.63) is 11.5 Å². The lowest BCUT2D eigenvalue weighted by molar-refractivity contribution is 0.333. The first-order valence-electron chi connectivity index (χ1n) is 5.52. The van der Waals surface area contributed by atoms with E-state index in [2.05, 4.69) is 10.2 Å². The molecule has 15 heavy (non-hydrogen) atoms. The number of sulfone groups is 1. The van der Waals surface area contributed by atoms with Gasteiger partial charge in [-0.2, -0.15) is 0 Å². The van der Waals surface area contributed by atoms with Gasteiger partial charge in [0.05, 0.1) is 5.75 Å². The Labute approximate surface area is 91.3 Å². The minimum Gasteiger partial charge on any atom is -0.308 e. The van der Waals surface area contributed by atoms with Gasteiger partial charge in [0.2, 0.25) is 0 Å². The van der Waals surface area contributed by atoms with Crippen molar-refractivity contribution in [3.8, 4) is 0 Å². The van der Waals surface area contributed by atoms with Crippen molar-refractivity contribution in [1.82, 2.24) is 10.2 Å². The molecule has 86 valence electrons. The van der Waals surface area contributed by atoms with Gasteiger partial charge in [-0.3, -0.25) is 0 Å². The van der Waals surface area contributed by atoms with Crippen molar-refractivity contribution in [2.45, 2.75) is 18.9 Å². The SMILES string of the molecule is O=S1(=O)C=CC(NCCN2CCCC2)C1. The summed E-state index contributed by atoms with van der Waals surface area (Å²) in [5.74, 6) is 0.229. The Morgan fingerprint density at radius 2 is 2.07 bits per heavy atom. The van der Waals surface area contributed by atoms with Crippen LogP contribution in [0.3, 0.4) is 0 Å². The molecule has 1 atom stereocenters. The quantitative estimate of drug-likeness (QED) is 0.737. The van der Waals surface area contributed by atoms with Gasteiger partial charge in [-0.15, -0.1) is 0 Å². The van der Waals surface area contributed by atoms with Crippen LogP contribution in [-0.2, 0) is 9.84 Å². The molecule has 0 spiro atoms. The molecule has 5 heteroatoms. The summed E-state index contributed by atoms with van der Waals surface area (Å²) in [6, 6.07) is 0.0256. The smallest absolute Gasteiger partial charge is 0.173 e. The zero-order valence-corrected chi connectivity index (χ0v) is 9.67. The van der Waals surface area contributed by atoms with E-state index >= 15 is 0 Å². The molecule has 1 saturated heterocycles. The lowest BCUT2D eigenvalue weighted by Crippen LogP contribution is -2.36. The van der Waals surface area contributed by atoms with Crippen LogP contribution in [0.25, 0.3) is 0 Å². The average Bonchev–Trinajstić information content (AvgIpc) is 2.76. The maximum atomic E-state index is 11.1. The van der Waals surface area contributed by atoms with E-state index in [1.807, 2.05) is 0 Å². The predicted molar refractivity (Wildman–Crippen MR) is 60.4 cm³/mol. The van der Waals surface area contributed by atoms with Crippen LogP contribution < -0.4 is 5.32 Å². The molecule has 2 aliphatic heterocycles. The van der Waals surface area contributed by atoms with Crippen LogP contribution in [0.5, 0.6) is 0 Å². The van der Waals surface area contributed by atoms with Gasteiger partial charge >= 0.3 is 0 Å². The second kappa shape index (κ2) is 4.63. The van der Waals surface area contributed by atoms with Crippen LogP contribution in [0.1, 0.15) is 12.8 Å². The van der Waals surface area contributed by atoms with Gasteiger partial charge in [-0.05, 0) is 25.9 Å². The maximum Gasteiger partial charge on any atom is 0.173 e. The number of likely N-dealkylation sites (tertiary alicyclic amines) is 1. The van der Waals surface area contributed by atoms with Crippen molar-refractivity contribution in [2.24, 2.45) is 0 Å². The summed E-state index contributed by atoms with van der Waals surface area (Å²) in [6.45, 7) is 4.30. The predicted octanol–water partition coefficient (Wildman–Crippen LogP) is -0.0175. The van der Waals surface area contributed by atoms with E-state index < -0.39 is 9.84 Å². The number of nitrogens with one attached hydrogen (secondary N) is 1. The molecule has 2 rings (SSSR count). The normalized spacial score (nSPS) is 30.0. The third kappa shape index (κ3) is 3.29. The van der Waals surface area contributed by atoms with Crippen LogP contribution in [0, 0.1) is 0 Å². The Morgan fingerprint density at radius 1 is 1.33 bits per heavy atom. The third-order valence-corrected chi connectivity index (χ3v) is 4.36. The highest BCUT2D eigenvalue weighted by Crippen LogP contribution is 2.08. The second-order valence-electron chi connectivity index (χ2n) is 4.27. The van der Waals surface area contributed by atoms with Crippen molar-refractivity contribution in [2.75, 3.05) is 31.9 Å². The second-order valence-corrected chi connectivity index (χ2v) is 6.20. The van der Waals surface area contributed by atoms with E-state index in [0.29, 0.717) is 0 Å². The van der Waals surface area contributed by atoms with Crippen molar-refractivity contribution >= 4 is 9.84 Å². The standard InChI is InChI=1S/C10H18N2O2S/c13-15(14)8-3-10(9-15)11-4-7-12-5-1-2-6-12/h3,8,10-11H,1-2,4-7,9H2. The fourth-order valence-corrected chi connectivity index (χ4v) is 3.39. The fraction of sp³-hybridized carbons (Fsp3) is 0.800. The fourth-order valence-electron chi connectivity index (χ4n) is 2.12. The van der Waals surface area contributed by atoms with Crippen LogP contribution in [0.15, 0.2) is 11.5 Å². The van der Waals surface area contributed by atoms with Gasteiger partial charge < -0.3 is 10.2 Å². The van der Waals surface area contributed by atoms with Crippen molar-refractivity contribution in [1.29, 1.82) is 0 Å². The average molecular weight is 230 g/mol. The number of hydrogen-bond donors (Lipinski definition) is 1. The highest BCUT2D eigenvalue weighted by molar-refractivity contribution is 7.94. The van der Waals surface area contributed by atoms with Crippen LogP contribution in [0.4, 0.5) is 0 Å². The van der Waals surface area contributed by atoms with Gasteiger partial charge in [-0.1, -0.05) is 6.08 Å². The molecular formula is C10H18N2O2S. The Hall–Kier alpha value is -0.390. The zero-order valence-electron chi connectivity index (χ0n) is 8.85. The van der Waals surface area contributed by atoms with E-state index in [4.69, 9.17) is 0 Å². The van der Waals surface area contributed by atoms with Gasteiger partial charge in [0.15, 0.2) is 9.84 Å². The number of rotatable bonds is 4. The van der Waals surface area contributed by atoms with Crippen LogP contribution in [0.2, 0.25) is 0 Å². The molecule has 2 heterocycles. The first-order valence-corrected chi connectivity index (χ1v) is 7.24. The summed E-state index contributed by atoms with van der Waals surface area (Å²) < 4.78 is 22.2. The van der Waals surface area contributed by atoms with Gasteiger partial charge in [0.25, 0.3) is 0 Å². The highest BCUT2D eigenvalue weighted by Gasteiger charge is 2.21. The molecule has 2 aliphatic rings. The van der Waals surface area contributed by atoms with Crippen molar-refractivity contribution < 1.29 is 8.42 Å². The third-order valence-electron chi connectivity index (χ3n) is 2.96. The van der Waals surface area contributed by atoms with E-state index in [0.717, 1.165) is 13.1 Å². The number of nitrogens with zero attached hydrogens (tertiary/aromatic N) is 1. The molecule has 1 fully saturated rings. The molecule has 0 aromatic carbocycles. The highest BCUT2D eigenvalue weighted by atomic mass is 32.2. The minimum atomic E-state index is -2.90. The molecule has 0 radical (unpaired) electrons. The molecule has 1 unspecified atom stereocenters. The topological polar surface area (TPSA) is 49.4 Å². The Morgan fingerprint density at radius 3 is 2.67 bits per heavy atom. The van der Waals surface area contributed by atoms with E-state index in [9.17, 15) is 8.42 Å². The van der Waals surface area contributed by atoms with Gasteiger partial charge in [0, 0.05) is 24.5 Å². The lowest BCUT2D eigenvalue weighted by Gasteiger charge is -2.16. The van der Waals surface area contributed by atoms with E-state index in [1.54, 1.807) is 6.08 Å². The number of hydrogen-bond acceptors (Lipinski definition) is 4. The molecule has 0 saturated carbocycles. The first-order chi connectivity index (χ1) is 7.16. The van der Waals surface area contributed by atoms with E-state index in [1.165, 1.54) is 31.3 Å². The van der Waals surface area contributed by atoms with E-state index in [-0.39, 0.29) is 11.8 Å². The summed E-state index contributed by atoms with van der Waals surface area (Å²) in [5, 5.41) is 4.58. The molecule has 4 nitrogen and oxygen atoms in total. The molecule has 1 N–H and O–H groups in total. The zero-order chi connectivity index (χ0) is 10.7. The maximum absolute atomic E-state index is 11.1. The molecule has 0 aromatic rings. The minimum absolute atomic E-state index is 0.0256. The largest absolute Gasteiger partial charge is 0.308 e. The molecule has 0 aliphatic carbocycles. The van der Waals surface area contributed by atoms with Gasteiger partial charge in [0.1, 0.15) is 0 Å². The van der Waals surface area contributed by atoms with Crippen LogP contribution in [-0.4, -0.2) is 51.3 Å². The summed E-state index contributed by atoms with van der Waals surface area (Å²) in [5.41, 5.74) is 0. The summed E-state index contributed by atoms with van der Waals surface area (Å²) in [7, 11) is -2.90. The molecular weight excluding hydrogens is 212 g/mol. The Balaban J connectivity index is 1.65. The Bertz CT molecular complexity index is 331. The first kappa shape index (κ1) is 11.1. The van der Waals surface area contributed by atoms with Crippen molar-refractivity contribution in [3.63, 3.8) is 0 Å². The molecule has 0 aromatic heterocycles. The lowest BCUT2D eigenvalue weighted by atomic mass is 10.3.